The maximum absolute atomic E-state index is 9.67. The molecule has 0 aromatic heterocycles. The first kappa shape index (κ1) is 13.5. The van der Waals surface area contributed by atoms with Gasteiger partial charge >= 0.3 is 0 Å². The highest BCUT2D eigenvalue weighted by atomic mass is 15.2. The van der Waals surface area contributed by atoms with Gasteiger partial charge in [0.1, 0.15) is 5.54 Å². The average Bonchev–Trinajstić information content (AvgIpc) is 3.29. The molecule has 20 heavy (non-hydrogen) atoms. The predicted octanol–water partition coefficient (Wildman–Crippen LogP) is 2.64. The topological polar surface area (TPSA) is 39.1 Å². The van der Waals surface area contributed by atoms with E-state index in [-0.39, 0.29) is 5.54 Å². The van der Waals surface area contributed by atoms with E-state index in [0.29, 0.717) is 5.92 Å². The summed E-state index contributed by atoms with van der Waals surface area (Å²) in [5, 5.41) is 13.0. The summed E-state index contributed by atoms with van der Waals surface area (Å²) in [4.78, 5) is 2.41. The first-order valence-corrected chi connectivity index (χ1v) is 7.63. The van der Waals surface area contributed by atoms with Crippen LogP contribution in [0, 0.1) is 24.2 Å². The Kier molecular flexibility index (Phi) is 3.43. The van der Waals surface area contributed by atoms with Crippen molar-refractivity contribution in [3.05, 3.63) is 29.3 Å². The van der Waals surface area contributed by atoms with E-state index in [1.807, 2.05) is 7.05 Å². The smallest absolute Gasteiger partial charge is 0.126 e. The Morgan fingerprint density at radius 1 is 1.45 bits per heavy atom. The molecule has 1 aliphatic carbocycles. The summed E-state index contributed by atoms with van der Waals surface area (Å²) in [7, 11) is 1.93. The highest BCUT2D eigenvalue weighted by Gasteiger charge is 2.46. The van der Waals surface area contributed by atoms with E-state index < -0.39 is 0 Å². The first-order valence-electron chi connectivity index (χ1n) is 7.63. The molecule has 1 aliphatic heterocycles. The van der Waals surface area contributed by atoms with Crippen LogP contribution in [0.5, 0.6) is 0 Å². The average molecular weight is 269 g/mol. The minimum absolute atomic E-state index is 0.375. The standard InChI is InChI=1S/C17H23N3/c1-13-5-8-16-14(10-13)4-3-9-20(16)12-17(11-18,19-2)15-6-7-15/h5,8,10,15,19H,3-4,6-7,9,12H2,1-2H3. The van der Waals surface area contributed by atoms with Crippen molar-refractivity contribution >= 4 is 5.69 Å². The number of anilines is 1. The second-order valence-electron chi connectivity index (χ2n) is 6.26. The number of rotatable bonds is 4. The predicted molar refractivity (Wildman–Crippen MR) is 81.8 cm³/mol. The lowest BCUT2D eigenvalue weighted by Crippen LogP contribution is -2.54. The lowest BCUT2D eigenvalue weighted by molar-refractivity contribution is 0.389. The molecule has 0 radical (unpaired) electrons. The number of nitriles is 1. The van der Waals surface area contributed by atoms with Crippen molar-refractivity contribution in [3.8, 4) is 6.07 Å². The minimum atomic E-state index is -0.375. The molecule has 1 heterocycles. The van der Waals surface area contributed by atoms with Crippen LogP contribution in [-0.4, -0.2) is 25.7 Å². The van der Waals surface area contributed by atoms with Gasteiger partial charge < -0.3 is 10.2 Å². The van der Waals surface area contributed by atoms with Gasteiger partial charge in [0, 0.05) is 18.8 Å². The largest absolute Gasteiger partial charge is 0.368 e. The summed E-state index contributed by atoms with van der Waals surface area (Å²) in [5.41, 5.74) is 3.72. The van der Waals surface area contributed by atoms with Gasteiger partial charge in [-0.05, 0) is 57.2 Å². The molecule has 2 aliphatic rings. The molecular weight excluding hydrogens is 246 g/mol. The van der Waals surface area contributed by atoms with Crippen LogP contribution in [0.1, 0.15) is 30.4 Å². The fourth-order valence-electron chi connectivity index (χ4n) is 3.44. The van der Waals surface area contributed by atoms with E-state index in [1.165, 1.54) is 36.1 Å². The maximum atomic E-state index is 9.67. The summed E-state index contributed by atoms with van der Waals surface area (Å²) in [5.74, 6) is 0.522. The number of aryl methyl sites for hydroxylation is 2. The van der Waals surface area contributed by atoms with E-state index >= 15 is 0 Å². The fourth-order valence-corrected chi connectivity index (χ4v) is 3.44. The molecule has 0 saturated heterocycles. The first-order chi connectivity index (χ1) is 9.68. The second-order valence-corrected chi connectivity index (χ2v) is 6.26. The van der Waals surface area contributed by atoms with Crippen molar-refractivity contribution in [3.63, 3.8) is 0 Å². The molecule has 1 unspecified atom stereocenters. The van der Waals surface area contributed by atoms with Gasteiger partial charge in [0.25, 0.3) is 0 Å². The number of hydrogen-bond acceptors (Lipinski definition) is 3. The molecule has 1 N–H and O–H groups in total. The van der Waals surface area contributed by atoms with Gasteiger partial charge in [0.05, 0.1) is 6.07 Å². The van der Waals surface area contributed by atoms with Crippen LogP contribution in [-0.2, 0) is 6.42 Å². The van der Waals surface area contributed by atoms with Crippen LogP contribution in [0.25, 0.3) is 0 Å². The van der Waals surface area contributed by atoms with Crippen LogP contribution in [0.3, 0.4) is 0 Å². The molecule has 3 heteroatoms. The Hall–Kier alpha value is -1.53. The quantitative estimate of drug-likeness (QED) is 0.913. The molecule has 1 aromatic carbocycles. The Labute approximate surface area is 121 Å². The zero-order valence-electron chi connectivity index (χ0n) is 12.4. The molecular formula is C17H23N3. The fraction of sp³-hybridized carbons (Fsp3) is 0.588. The molecule has 3 rings (SSSR count). The summed E-state index contributed by atoms with van der Waals surface area (Å²) in [6.07, 6.45) is 4.72. The Bertz CT molecular complexity index is 542. The summed E-state index contributed by atoms with van der Waals surface area (Å²) in [6, 6.07) is 9.27. The maximum Gasteiger partial charge on any atom is 0.126 e. The summed E-state index contributed by atoms with van der Waals surface area (Å²) >= 11 is 0. The molecule has 0 spiro atoms. The summed E-state index contributed by atoms with van der Waals surface area (Å²) in [6.45, 7) is 4.02. The zero-order chi connectivity index (χ0) is 14.2. The van der Waals surface area contributed by atoms with Gasteiger partial charge in [-0.2, -0.15) is 5.26 Å². The summed E-state index contributed by atoms with van der Waals surface area (Å²) < 4.78 is 0. The lowest BCUT2D eigenvalue weighted by Gasteiger charge is -2.38. The third-order valence-corrected chi connectivity index (χ3v) is 4.81. The van der Waals surface area contributed by atoms with Gasteiger partial charge in [-0.15, -0.1) is 0 Å². The van der Waals surface area contributed by atoms with Crippen LogP contribution >= 0.6 is 0 Å². The molecule has 1 fully saturated rings. The number of hydrogen-bond donors (Lipinski definition) is 1. The van der Waals surface area contributed by atoms with Crippen LogP contribution in [0.15, 0.2) is 18.2 Å². The zero-order valence-corrected chi connectivity index (χ0v) is 12.4. The number of benzene rings is 1. The van der Waals surface area contributed by atoms with E-state index in [0.717, 1.165) is 19.5 Å². The van der Waals surface area contributed by atoms with Crippen molar-refractivity contribution in [2.24, 2.45) is 5.92 Å². The molecule has 1 aromatic rings. The van der Waals surface area contributed by atoms with Gasteiger partial charge in [-0.1, -0.05) is 17.7 Å². The van der Waals surface area contributed by atoms with Gasteiger partial charge in [0.15, 0.2) is 0 Å². The number of fused-ring (bicyclic) bond motifs is 1. The molecule has 0 amide bonds. The normalized spacial score (nSPS) is 20.9. The molecule has 1 atom stereocenters. The monoisotopic (exact) mass is 269 g/mol. The van der Waals surface area contributed by atoms with E-state index in [4.69, 9.17) is 0 Å². The highest BCUT2D eigenvalue weighted by molar-refractivity contribution is 5.57. The third-order valence-electron chi connectivity index (χ3n) is 4.81. The molecule has 0 bridgehead atoms. The molecule has 106 valence electrons. The second kappa shape index (κ2) is 5.10. The van der Waals surface area contributed by atoms with Crippen molar-refractivity contribution in [2.75, 3.05) is 25.0 Å². The van der Waals surface area contributed by atoms with E-state index in [9.17, 15) is 5.26 Å². The van der Waals surface area contributed by atoms with E-state index in [1.54, 1.807) is 0 Å². The Balaban J connectivity index is 1.87. The van der Waals surface area contributed by atoms with Gasteiger partial charge in [0.2, 0.25) is 0 Å². The Morgan fingerprint density at radius 3 is 2.90 bits per heavy atom. The van der Waals surface area contributed by atoms with Gasteiger partial charge in [-0.3, -0.25) is 0 Å². The highest BCUT2D eigenvalue weighted by Crippen LogP contribution is 2.41. The van der Waals surface area contributed by atoms with Gasteiger partial charge in [-0.25, -0.2) is 0 Å². The lowest BCUT2D eigenvalue weighted by atomic mass is 9.92. The third kappa shape index (κ3) is 2.29. The minimum Gasteiger partial charge on any atom is -0.368 e. The van der Waals surface area contributed by atoms with Crippen LogP contribution < -0.4 is 10.2 Å². The Morgan fingerprint density at radius 2 is 2.25 bits per heavy atom. The molecule has 1 saturated carbocycles. The van der Waals surface area contributed by atoms with Crippen molar-refractivity contribution in [1.82, 2.24) is 5.32 Å². The molecule has 3 nitrogen and oxygen atoms in total. The number of nitrogens with zero attached hydrogens (tertiary/aromatic N) is 2. The van der Waals surface area contributed by atoms with E-state index in [2.05, 4.69) is 41.4 Å². The van der Waals surface area contributed by atoms with Crippen LogP contribution in [0.2, 0.25) is 0 Å². The van der Waals surface area contributed by atoms with Crippen molar-refractivity contribution in [1.29, 1.82) is 5.26 Å². The SMILES string of the molecule is CNC(C#N)(CN1CCCc2cc(C)ccc21)C1CC1. The van der Waals surface area contributed by atoms with Crippen molar-refractivity contribution in [2.45, 2.75) is 38.1 Å². The van der Waals surface area contributed by atoms with Crippen molar-refractivity contribution < 1.29 is 0 Å². The number of nitrogens with one attached hydrogen (secondary N) is 1. The van der Waals surface area contributed by atoms with Crippen LogP contribution in [0.4, 0.5) is 5.69 Å². The number of likely N-dealkylation sites (N-methyl/N-ethyl adjacent to an activating group) is 1.